The second-order valence-electron chi connectivity index (χ2n) is 4.75. The van der Waals surface area contributed by atoms with Crippen LogP contribution in [0.25, 0.3) is 0 Å². The summed E-state index contributed by atoms with van der Waals surface area (Å²) in [6.45, 7) is 4.36. The van der Waals surface area contributed by atoms with Crippen molar-refractivity contribution in [1.82, 2.24) is 0 Å². The average Bonchev–Trinajstić information content (AvgIpc) is 2.43. The molecule has 0 spiro atoms. The Bertz CT molecular complexity index is 432. The van der Waals surface area contributed by atoms with E-state index in [9.17, 15) is 4.79 Å². The highest BCUT2D eigenvalue weighted by molar-refractivity contribution is 5.91. The van der Waals surface area contributed by atoms with Crippen LogP contribution in [0.5, 0.6) is 0 Å². The lowest BCUT2D eigenvalue weighted by Gasteiger charge is -2.18. The van der Waals surface area contributed by atoms with Crippen LogP contribution in [0.1, 0.15) is 31.7 Å². The summed E-state index contributed by atoms with van der Waals surface area (Å²) in [5, 5.41) is 6.31. The van der Waals surface area contributed by atoms with Gasteiger partial charge in [0.05, 0.1) is 0 Å². The zero-order valence-corrected chi connectivity index (χ0v) is 11.5. The standard InChI is InChI=1S/C15H22N2O2/c1-2-19-10-4-6-15(18)17-13-7-8-14-12(11-13)5-3-9-16-14/h7-8,11,16H,2-6,9-10H2,1H3,(H,17,18). The van der Waals surface area contributed by atoms with Crippen molar-refractivity contribution in [3.8, 4) is 0 Å². The van der Waals surface area contributed by atoms with E-state index in [0.717, 1.165) is 31.5 Å². The third-order valence-electron chi connectivity index (χ3n) is 3.22. The predicted octanol–water partition coefficient (Wildman–Crippen LogP) is 2.80. The quantitative estimate of drug-likeness (QED) is 0.775. The first-order valence-electron chi connectivity index (χ1n) is 7.04. The molecule has 2 N–H and O–H groups in total. The van der Waals surface area contributed by atoms with Gasteiger partial charge < -0.3 is 15.4 Å². The van der Waals surface area contributed by atoms with Crippen molar-refractivity contribution >= 4 is 17.3 Å². The largest absolute Gasteiger partial charge is 0.385 e. The Morgan fingerprint density at radius 1 is 1.47 bits per heavy atom. The molecule has 0 bridgehead atoms. The highest BCUT2D eigenvalue weighted by Gasteiger charge is 2.09. The number of hydrogen-bond donors (Lipinski definition) is 2. The zero-order chi connectivity index (χ0) is 13.5. The molecule has 1 aliphatic rings. The third kappa shape index (κ3) is 4.24. The Kier molecular flexibility index (Phi) is 5.21. The van der Waals surface area contributed by atoms with E-state index in [1.165, 1.54) is 11.3 Å². The smallest absolute Gasteiger partial charge is 0.224 e. The molecule has 19 heavy (non-hydrogen) atoms. The molecule has 0 saturated heterocycles. The average molecular weight is 262 g/mol. The van der Waals surface area contributed by atoms with Crippen molar-refractivity contribution in [2.75, 3.05) is 30.4 Å². The SMILES string of the molecule is CCOCCCC(=O)Nc1ccc2c(c1)CCCN2. The molecule has 0 saturated carbocycles. The lowest BCUT2D eigenvalue weighted by atomic mass is 10.0. The van der Waals surface area contributed by atoms with Crippen molar-refractivity contribution in [3.05, 3.63) is 23.8 Å². The number of amides is 1. The molecule has 0 atom stereocenters. The van der Waals surface area contributed by atoms with Crippen LogP contribution in [-0.4, -0.2) is 25.7 Å². The summed E-state index contributed by atoms with van der Waals surface area (Å²) >= 11 is 0. The normalized spacial score (nSPS) is 13.5. The summed E-state index contributed by atoms with van der Waals surface area (Å²) in [4.78, 5) is 11.8. The van der Waals surface area contributed by atoms with Crippen LogP contribution < -0.4 is 10.6 Å². The number of benzene rings is 1. The number of fused-ring (bicyclic) bond motifs is 1. The lowest BCUT2D eigenvalue weighted by molar-refractivity contribution is -0.116. The molecular formula is C15H22N2O2. The number of anilines is 2. The van der Waals surface area contributed by atoms with E-state index in [-0.39, 0.29) is 5.91 Å². The fraction of sp³-hybridized carbons (Fsp3) is 0.533. The molecule has 0 aromatic heterocycles. The molecule has 4 heteroatoms. The molecule has 2 rings (SSSR count). The number of nitrogens with one attached hydrogen (secondary N) is 2. The van der Waals surface area contributed by atoms with E-state index in [1.54, 1.807) is 0 Å². The molecule has 0 unspecified atom stereocenters. The maximum absolute atomic E-state index is 11.8. The second-order valence-corrected chi connectivity index (χ2v) is 4.75. The topological polar surface area (TPSA) is 50.4 Å². The maximum atomic E-state index is 11.8. The summed E-state index contributed by atoms with van der Waals surface area (Å²) in [6.07, 6.45) is 3.51. The van der Waals surface area contributed by atoms with E-state index in [0.29, 0.717) is 19.6 Å². The minimum Gasteiger partial charge on any atom is -0.385 e. The Balaban J connectivity index is 1.83. The van der Waals surface area contributed by atoms with E-state index in [4.69, 9.17) is 4.74 Å². The maximum Gasteiger partial charge on any atom is 0.224 e. The summed E-state index contributed by atoms with van der Waals surface area (Å²) in [7, 11) is 0. The Morgan fingerprint density at radius 2 is 2.37 bits per heavy atom. The number of carbonyl (C=O) groups is 1. The molecule has 1 aliphatic heterocycles. The fourth-order valence-electron chi connectivity index (χ4n) is 2.26. The zero-order valence-electron chi connectivity index (χ0n) is 11.5. The van der Waals surface area contributed by atoms with Crippen LogP contribution in [0.15, 0.2) is 18.2 Å². The Morgan fingerprint density at radius 3 is 3.21 bits per heavy atom. The summed E-state index contributed by atoms with van der Waals surface area (Å²) in [5.74, 6) is 0.0587. The van der Waals surface area contributed by atoms with Crippen molar-refractivity contribution in [2.45, 2.75) is 32.6 Å². The van der Waals surface area contributed by atoms with E-state index in [2.05, 4.69) is 16.7 Å². The van der Waals surface area contributed by atoms with Crippen molar-refractivity contribution in [3.63, 3.8) is 0 Å². The Hall–Kier alpha value is -1.55. The van der Waals surface area contributed by atoms with Gasteiger partial charge in [0.2, 0.25) is 5.91 Å². The molecule has 1 amide bonds. The predicted molar refractivity (Wildman–Crippen MR) is 77.6 cm³/mol. The first-order chi connectivity index (χ1) is 9.29. The Labute approximate surface area is 114 Å². The van der Waals surface area contributed by atoms with Crippen LogP contribution >= 0.6 is 0 Å². The van der Waals surface area contributed by atoms with Gasteiger partial charge in [-0.1, -0.05) is 0 Å². The van der Waals surface area contributed by atoms with Crippen LogP contribution in [0, 0.1) is 0 Å². The van der Waals surface area contributed by atoms with Crippen molar-refractivity contribution in [1.29, 1.82) is 0 Å². The van der Waals surface area contributed by atoms with Gasteiger partial charge in [0.1, 0.15) is 0 Å². The fourth-order valence-corrected chi connectivity index (χ4v) is 2.26. The second kappa shape index (κ2) is 7.14. The molecule has 104 valence electrons. The van der Waals surface area contributed by atoms with Gasteiger partial charge in [0.15, 0.2) is 0 Å². The van der Waals surface area contributed by atoms with Gasteiger partial charge in [-0.2, -0.15) is 0 Å². The van der Waals surface area contributed by atoms with Crippen molar-refractivity contribution < 1.29 is 9.53 Å². The molecule has 0 radical (unpaired) electrons. The number of rotatable bonds is 6. The van der Waals surface area contributed by atoms with Crippen LogP contribution in [0.3, 0.4) is 0 Å². The summed E-state index contributed by atoms with van der Waals surface area (Å²) < 4.78 is 5.22. The number of aryl methyl sites for hydroxylation is 1. The van der Waals surface area contributed by atoms with Crippen LogP contribution in [0.4, 0.5) is 11.4 Å². The number of ether oxygens (including phenoxy) is 1. The van der Waals surface area contributed by atoms with Gasteiger partial charge in [-0.15, -0.1) is 0 Å². The van der Waals surface area contributed by atoms with Crippen molar-refractivity contribution in [2.24, 2.45) is 0 Å². The summed E-state index contributed by atoms with van der Waals surface area (Å²) in [5.41, 5.74) is 3.38. The molecule has 1 heterocycles. The molecule has 1 aromatic carbocycles. The van der Waals surface area contributed by atoms with Gasteiger partial charge in [-0.25, -0.2) is 0 Å². The van der Waals surface area contributed by atoms with Crippen LogP contribution in [-0.2, 0) is 16.0 Å². The van der Waals surface area contributed by atoms with Gasteiger partial charge in [0, 0.05) is 37.6 Å². The molecule has 0 aliphatic carbocycles. The number of carbonyl (C=O) groups excluding carboxylic acids is 1. The highest BCUT2D eigenvalue weighted by atomic mass is 16.5. The lowest BCUT2D eigenvalue weighted by Crippen LogP contribution is -2.14. The van der Waals surface area contributed by atoms with Gasteiger partial charge in [0.25, 0.3) is 0 Å². The van der Waals surface area contributed by atoms with E-state index in [1.807, 2.05) is 19.1 Å². The van der Waals surface area contributed by atoms with Gasteiger partial charge in [-0.05, 0) is 49.9 Å². The van der Waals surface area contributed by atoms with Gasteiger partial charge >= 0.3 is 0 Å². The van der Waals surface area contributed by atoms with E-state index < -0.39 is 0 Å². The minimum atomic E-state index is 0.0587. The van der Waals surface area contributed by atoms with Crippen LogP contribution in [0.2, 0.25) is 0 Å². The first-order valence-corrected chi connectivity index (χ1v) is 7.04. The van der Waals surface area contributed by atoms with E-state index >= 15 is 0 Å². The number of hydrogen-bond acceptors (Lipinski definition) is 3. The minimum absolute atomic E-state index is 0.0587. The third-order valence-corrected chi connectivity index (χ3v) is 3.22. The summed E-state index contributed by atoms with van der Waals surface area (Å²) in [6, 6.07) is 6.07. The molecule has 4 nitrogen and oxygen atoms in total. The molecular weight excluding hydrogens is 240 g/mol. The molecule has 1 aromatic rings. The van der Waals surface area contributed by atoms with Gasteiger partial charge in [-0.3, -0.25) is 4.79 Å². The molecule has 0 fully saturated rings. The highest BCUT2D eigenvalue weighted by Crippen LogP contribution is 2.25. The monoisotopic (exact) mass is 262 g/mol. The first kappa shape index (κ1) is 13.9.